The number of anilines is 1. The highest BCUT2D eigenvalue weighted by Crippen LogP contribution is 2.43. The van der Waals surface area contributed by atoms with Crippen molar-refractivity contribution in [3.63, 3.8) is 0 Å². The summed E-state index contributed by atoms with van der Waals surface area (Å²) in [5, 5.41) is 12.7. The topological polar surface area (TPSA) is 59.5 Å². The van der Waals surface area contributed by atoms with E-state index < -0.39 is 50.1 Å². The molecule has 3 aliphatic heterocycles. The molecule has 0 aromatic heterocycles. The standard InChI is InChI=1S/C30H30N2O3/c1-30(2,3)19-6-9-22(29(33)34)25(16-19)28-23-10-7-20(31-12-4-13-31)17-26(23)35-27-18-21(8-11-24(27)28)32-14-5-15-32/h6-11,16-18H,4-5,12-15H2,1-3H3/i4D2,5D2,12D2,13D2,14D2,15D2. The molecule has 178 valence electrons. The maximum absolute atomic E-state index is 12.4. The van der Waals surface area contributed by atoms with Crippen molar-refractivity contribution >= 4 is 22.6 Å². The monoisotopic (exact) mass is 478 g/mol. The number of hydrogen-bond donors (Lipinski definition) is 0. The predicted octanol–water partition coefficient (Wildman–Crippen LogP) is 4.25. The summed E-state index contributed by atoms with van der Waals surface area (Å²) in [5.74, 6) is -1.46. The molecule has 0 bridgehead atoms. The Morgan fingerprint density at radius 3 is 2.54 bits per heavy atom. The number of benzene rings is 3. The van der Waals surface area contributed by atoms with E-state index in [2.05, 4.69) is 0 Å². The summed E-state index contributed by atoms with van der Waals surface area (Å²) in [6.45, 7) is -5.13. The van der Waals surface area contributed by atoms with Gasteiger partial charge in [0.1, 0.15) is 29.8 Å². The van der Waals surface area contributed by atoms with Crippen molar-refractivity contribution < 1.29 is 30.8 Å². The van der Waals surface area contributed by atoms with Crippen LogP contribution in [-0.4, -0.2) is 32.0 Å². The second-order valence-electron chi connectivity index (χ2n) is 9.50. The van der Waals surface area contributed by atoms with Gasteiger partial charge in [0.25, 0.3) is 0 Å². The molecule has 2 aromatic rings. The molecule has 2 saturated heterocycles. The summed E-state index contributed by atoms with van der Waals surface area (Å²) in [6, 6.07) is 13.1. The van der Waals surface area contributed by atoms with E-state index in [9.17, 15) is 9.90 Å². The zero-order valence-corrected chi connectivity index (χ0v) is 19.3. The van der Waals surface area contributed by atoms with Gasteiger partial charge in [0, 0.05) is 63.9 Å². The highest BCUT2D eigenvalue weighted by Gasteiger charge is 2.25. The molecule has 0 spiro atoms. The third-order valence-electron chi connectivity index (χ3n) is 6.25. The molecule has 4 aliphatic rings. The van der Waals surface area contributed by atoms with E-state index in [0.29, 0.717) is 26.0 Å². The summed E-state index contributed by atoms with van der Waals surface area (Å²) >= 11 is 0. The maximum Gasteiger partial charge on any atom is 0.203 e. The Hall–Kier alpha value is -3.60. The molecule has 0 amide bonds. The number of hydrogen-bond acceptors (Lipinski definition) is 4. The maximum atomic E-state index is 12.4. The van der Waals surface area contributed by atoms with Gasteiger partial charge in [-0.05, 0) is 47.2 Å². The van der Waals surface area contributed by atoms with E-state index in [-0.39, 0.29) is 33.5 Å². The van der Waals surface area contributed by atoms with Crippen LogP contribution < -0.4 is 19.9 Å². The highest BCUT2D eigenvalue weighted by molar-refractivity contribution is 6.07. The van der Waals surface area contributed by atoms with Gasteiger partial charge in [-0.2, -0.15) is 0 Å². The van der Waals surface area contributed by atoms with E-state index in [1.54, 1.807) is 12.1 Å². The molecule has 1 aliphatic carbocycles. The van der Waals surface area contributed by atoms with Crippen LogP contribution in [0.3, 0.4) is 0 Å². The Balaban J connectivity index is 1.72. The van der Waals surface area contributed by atoms with Gasteiger partial charge in [-0.3, -0.25) is 0 Å². The van der Waals surface area contributed by atoms with Crippen LogP contribution >= 0.6 is 0 Å². The molecule has 35 heavy (non-hydrogen) atoms. The third kappa shape index (κ3) is 3.70. The highest BCUT2D eigenvalue weighted by atomic mass is 16.4. The lowest BCUT2D eigenvalue weighted by molar-refractivity contribution is -0.254. The fourth-order valence-corrected chi connectivity index (χ4v) is 4.31. The van der Waals surface area contributed by atoms with Crippen molar-refractivity contribution in [3.8, 4) is 22.5 Å². The zero-order chi connectivity index (χ0) is 35.1. The largest absolute Gasteiger partial charge is 0.545 e. The molecule has 0 radical (unpaired) electrons. The average molecular weight is 479 g/mol. The Morgan fingerprint density at radius 1 is 1.00 bits per heavy atom. The summed E-state index contributed by atoms with van der Waals surface area (Å²) in [5.41, 5.74) is 1.05. The number of rotatable bonds is 3. The third-order valence-corrected chi connectivity index (χ3v) is 6.25. The van der Waals surface area contributed by atoms with Crippen LogP contribution in [0.2, 0.25) is 0 Å². The molecule has 2 aromatic carbocycles. The van der Waals surface area contributed by atoms with Crippen LogP contribution in [0.15, 0.2) is 59.0 Å². The van der Waals surface area contributed by atoms with Crippen molar-refractivity contribution in [2.45, 2.75) is 38.9 Å². The lowest BCUT2D eigenvalue weighted by Crippen LogP contribution is -2.40. The first-order valence-electron chi connectivity index (χ1n) is 17.1. The van der Waals surface area contributed by atoms with Crippen molar-refractivity contribution in [2.75, 3.05) is 30.9 Å². The minimum atomic E-state index is -2.85. The lowest BCUT2D eigenvalue weighted by atomic mass is 9.82. The summed E-state index contributed by atoms with van der Waals surface area (Å²) in [7, 11) is 0. The van der Waals surface area contributed by atoms with Crippen LogP contribution in [0, 0.1) is 0 Å². The molecule has 2 fully saturated rings. The van der Waals surface area contributed by atoms with Gasteiger partial charge in [-0.15, -0.1) is 0 Å². The number of fused-ring (bicyclic) bond motifs is 2. The summed E-state index contributed by atoms with van der Waals surface area (Å²) < 4.78 is 105. The molecule has 0 saturated carbocycles. The number of nitrogens with zero attached hydrogens (tertiary/aromatic N) is 2. The number of aromatic carboxylic acids is 1. The molecule has 0 unspecified atom stereocenters. The van der Waals surface area contributed by atoms with Gasteiger partial charge >= 0.3 is 0 Å². The number of carbonyl (C=O) groups excluding carboxylic acids is 1. The summed E-state index contributed by atoms with van der Waals surface area (Å²) in [4.78, 5) is 13.1. The van der Waals surface area contributed by atoms with Crippen LogP contribution in [0.1, 0.15) is 65.9 Å². The Morgan fingerprint density at radius 2 is 1.80 bits per heavy atom. The molecule has 5 nitrogen and oxygen atoms in total. The van der Waals surface area contributed by atoms with E-state index in [1.165, 1.54) is 42.5 Å². The van der Waals surface area contributed by atoms with Gasteiger partial charge in [-0.25, -0.2) is 4.58 Å². The van der Waals surface area contributed by atoms with Gasteiger partial charge in [0.2, 0.25) is 5.36 Å². The fourth-order valence-electron chi connectivity index (χ4n) is 4.31. The first-order chi connectivity index (χ1) is 21.3. The normalized spacial score (nSPS) is 29.6. The number of carbonyl (C=O) groups is 1. The van der Waals surface area contributed by atoms with Crippen molar-refractivity contribution in [1.82, 2.24) is 4.58 Å². The quantitative estimate of drug-likeness (QED) is 0.326. The Labute approximate surface area is 222 Å². The van der Waals surface area contributed by atoms with Crippen LogP contribution in [0.25, 0.3) is 33.4 Å². The molecular formula is C30H30N2O3. The first-order valence-corrected chi connectivity index (χ1v) is 11.1. The van der Waals surface area contributed by atoms with Gasteiger partial charge in [-0.1, -0.05) is 32.9 Å². The molecular weight excluding hydrogens is 436 g/mol. The molecule has 0 N–H and O–H groups in total. The lowest BCUT2D eigenvalue weighted by Gasteiger charge is -2.33. The van der Waals surface area contributed by atoms with E-state index in [0.717, 1.165) is 5.56 Å². The van der Waals surface area contributed by atoms with Crippen LogP contribution in [0.5, 0.6) is 0 Å². The Bertz CT molecular complexity index is 2010. The van der Waals surface area contributed by atoms with E-state index in [4.69, 9.17) is 20.9 Å². The first kappa shape index (κ1) is 12.4. The minimum Gasteiger partial charge on any atom is -0.545 e. The molecule has 6 rings (SSSR count). The smallest absolute Gasteiger partial charge is 0.203 e. The number of carboxylic acid groups (broad SMARTS) is 1. The van der Waals surface area contributed by atoms with Gasteiger partial charge in [0.05, 0.1) is 18.4 Å². The molecule has 0 atom stereocenters. The van der Waals surface area contributed by atoms with Crippen molar-refractivity contribution in [2.24, 2.45) is 0 Å². The average Bonchev–Trinajstić information content (AvgIpc) is 2.94. The van der Waals surface area contributed by atoms with Crippen molar-refractivity contribution in [1.29, 1.82) is 0 Å². The van der Waals surface area contributed by atoms with Gasteiger partial charge < -0.3 is 19.2 Å². The van der Waals surface area contributed by atoms with E-state index in [1.807, 2.05) is 20.8 Å². The van der Waals surface area contributed by atoms with Crippen molar-refractivity contribution in [3.05, 3.63) is 71.1 Å². The predicted molar refractivity (Wildman–Crippen MR) is 138 cm³/mol. The minimum absolute atomic E-state index is 0.0108. The van der Waals surface area contributed by atoms with E-state index >= 15 is 0 Å². The second kappa shape index (κ2) is 7.98. The van der Waals surface area contributed by atoms with Crippen LogP contribution in [0.4, 0.5) is 5.69 Å². The Kier molecular flexibility index (Phi) is 2.82. The zero-order valence-electron chi connectivity index (χ0n) is 31.3. The molecule has 5 heteroatoms. The fraction of sp³-hybridized carbons (Fsp3) is 0.333. The second-order valence-corrected chi connectivity index (χ2v) is 9.50. The van der Waals surface area contributed by atoms with Crippen LogP contribution in [-0.2, 0) is 5.41 Å². The SMILES string of the molecule is [2H]C1([2H])N(c2ccc3c(-c4cc(C(C)(C)C)ccc4C(=O)[O-])c4ccc(=[N+]5C([2H])([2H])C([2H])([2H])C5([2H])[2H])cc-4oc3c2)C([2H])([2H])C1([2H])[2H]. The summed E-state index contributed by atoms with van der Waals surface area (Å²) in [6.07, 6.45) is -5.71. The van der Waals surface area contributed by atoms with Gasteiger partial charge in [0.15, 0.2) is 0 Å². The molecule has 3 heterocycles. The number of carboxylic acids is 1.